The predicted octanol–water partition coefficient (Wildman–Crippen LogP) is 2.43. The normalized spacial score (nSPS) is 11.2. The van der Waals surface area contributed by atoms with Gasteiger partial charge in [-0.3, -0.25) is 14.6 Å². The zero-order valence-corrected chi connectivity index (χ0v) is 16.0. The van der Waals surface area contributed by atoms with E-state index in [0.717, 1.165) is 23.9 Å². The molecule has 0 aliphatic rings. The molecule has 0 aliphatic heterocycles. The molecule has 11 nitrogen and oxygen atoms in total. The molecule has 1 aromatic carbocycles. The van der Waals surface area contributed by atoms with Gasteiger partial charge in [-0.2, -0.15) is 0 Å². The monoisotopic (exact) mass is 438 g/mol. The molecule has 0 saturated carbocycles. The molecular formula is C15H12FN6O5PS. The van der Waals surface area contributed by atoms with Gasteiger partial charge in [-0.15, -0.1) is 4.98 Å². The van der Waals surface area contributed by atoms with Crippen molar-refractivity contribution >= 4 is 53.7 Å². The smallest absolute Gasteiger partial charge is 0.404 e. The minimum Gasteiger partial charge on any atom is -0.404 e. The fourth-order valence-electron chi connectivity index (χ4n) is 2.23. The number of phosphoric acid groups is 1. The highest BCUT2D eigenvalue weighted by atomic mass is 32.2. The zero-order chi connectivity index (χ0) is 21.2. The number of H-pyrrole nitrogens is 1. The van der Waals surface area contributed by atoms with E-state index in [4.69, 9.17) is 22.1 Å². The molecule has 3 rings (SSSR count). The number of rotatable bonds is 6. The van der Waals surface area contributed by atoms with Crippen molar-refractivity contribution in [2.45, 2.75) is 5.16 Å². The number of imidazole rings is 1. The van der Waals surface area contributed by atoms with E-state index >= 15 is 0 Å². The number of carbonyl (C=O) groups excluding carboxylic acids is 1. The van der Waals surface area contributed by atoms with Gasteiger partial charge in [0.2, 0.25) is 5.91 Å². The largest absolute Gasteiger partial charge is 0.524 e. The van der Waals surface area contributed by atoms with Crippen LogP contribution in [0.15, 0.2) is 29.6 Å². The van der Waals surface area contributed by atoms with Gasteiger partial charge < -0.3 is 25.4 Å². The minimum atomic E-state index is -4.95. The Balaban J connectivity index is 1.67. The predicted molar refractivity (Wildman–Crippen MR) is 103 cm³/mol. The maximum absolute atomic E-state index is 13.6. The number of aromatic amines is 1. The van der Waals surface area contributed by atoms with Gasteiger partial charge >= 0.3 is 7.82 Å². The second-order valence-corrected chi connectivity index (χ2v) is 7.60. The van der Waals surface area contributed by atoms with Crippen LogP contribution in [0.1, 0.15) is 0 Å². The number of carbonyl (C=O) groups is 1. The van der Waals surface area contributed by atoms with E-state index in [0.29, 0.717) is 16.2 Å². The van der Waals surface area contributed by atoms with Gasteiger partial charge in [0.15, 0.2) is 16.7 Å². The number of aromatic nitrogens is 3. The van der Waals surface area contributed by atoms with Gasteiger partial charge in [0.25, 0.3) is 5.82 Å². The summed E-state index contributed by atoms with van der Waals surface area (Å²) in [5.74, 6) is -2.23. The number of pyridine rings is 1. The highest BCUT2D eigenvalue weighted by Crippen LogP contribution is 2.39. The molecule has 0 radical (unpaired) electrons. The number of hydrogen-bond donors (Lipinski definition) is 5. The Hall–Kier alpha value is -3.17. The maximum Gasteiger partial charge on any atom is 0.524 e. The first kappa shape index (κ1) is 20.6. The lowest BCUT2D eigenvalue weighted by atomic mass is 10.3. The molecule has 2 aromatic heterocycles. The fraction of sp³-hybridized carbons (Fsp3) is 0.0667. The number of nitrogens with two attached hydrogens (primary N) is 1. The average molecular weight is 438 g/mol. The van der Waals surface area contributed by atoms with E-state index in [1.54, 1.807) is 0 Å². The topological polar surface area (TPSA) is 168 Å². The molecule has 6 N–H and O–H groups in total. The van der Waals surface area contributed by atoms with Gasteiger partial charge in [0, 0.05) is 11.8 Å². The summed E-state index contributed by atoms with van der Waals surface area (Å²) < 4.78 is 28.7. The van der Waals surface area contributed by atoms with Crippen molar-refractivity contribution in [1.82, 2.24) is 15.0 Å². The molecule has 3 aromatic rings. The summed E-state index contributed by atoms with van der Waals surface area (Å²) in [5.41, 5.74) is 6.92. The molecule has 14 heteroatoms. The summed E-state index contributed by atoms with van der Waals surface area (Å²) in [6, 6.07) is 3.07. The molecule has 0 fully saturated rings. The van der Waals surface area contributed by atoms with Gasteiger partial charge in [-0.25, -0.2) is 13.9 Å². The molecule has 0 spiro atoms. The van der Waals surface area contributed by atoms with Crippen molar-refractivity contribution in [3.8, 4) is 5.75 Å². The van der Waals surface area contributed by atoms with E-state index in [1.807, 2.05) is 0 Å². The summed E-state index contributed by atoms with van der Waals surface area (Å²) in [6.07, 6.45) is 1.41. The average Bonchev–Trinajstić information content (AvgIpc) is 3.06. The van der Waals surface area contributed by atoms with E-state index in [2.05, 4.69) is 29.6 Å². The van der Waals surface area contributed by atoms with Crippen LogP contribution in [-0.2, 0) is 9.36 Å². The Kier molecular flexibility index (Phi) is 5.71. The number of benzene rings is 1. The van der Waals surface area contributed by atoms with Crippen LogP contribution in [-0.4, -0.2) is 36.4 Å². The lowest BCUT2D eigenvalue weighted by Gasteiger charge is -2.10. The van der Waals surface area contributed by atoms with E-state index < -0.39 is 25.3 Å². The molecule has 150 valence electrons. The summed E-state index contributed by atoms with van der Waals surface area (Å²) in [7, 11) is -4.95. The van der Waals surface area contributed by atoms with Crippen molar-refractivity contribution < 1.29 is 28.1 Å². The first-order valence-corrected chi connectivity index (χ1v) is 10.2. The minimum absolute atomic E-state index is 0.0305. The third kappa shape index (κ3) is 5.01. The third-order valence-corrected chi connectivity index (χ3v) is 4.71. The molecule has 29 heavy (non-hydrogen) atoms. The number of thioether (sulfide) groups is 1. The Morgan fingerprint density at radius 1 is 1.48 bits per heavy atom. The molecule has 0 unspecified atom stereocenters. The molecule has 2 heterocycles. The van der Waals surface area contributed by atoms with Crippen LogP contribution >= 0.6 is 19.6 Å². The van der Waals surface area contributed by atoms with Gasteiger partial charge in [-0.05, 0) is 12.1 Å². The van der Waals surface area contributed by atoms with Crippen LogP contribution in [0.5, 0.6) is 5.75 Å². The number of anilines is 2. The lowest BCUT2D eigenvalue weighted by molar-refractivity contribution is -0.113. The number of fused-ring (bicyclic) bond motifs is 1. The van der Waals surface area contributed by atoms with Crippen LogP contribution < -0.4 is 15.6 Å². The summed E-state index contributed by atoms with van der Waals surface area (Å²) in [5, 5.41) is 2.82. The fourth-order valence-corrected chi connectivity index (χ4v) is 3.31. The molecular weight excluding hydrogens is 426 g/mol. The standard InChI is InChI=1S/C15H12FN6O5PS/c1-18-14-12(17)13-9(5-19-14)21-15(22-13)29-6-11(23)20-7-2-3-8(16)10(4-7)27-28(24,25)26/h2-5H,6,17H2,(H,20,23)(H,21,22)(H2,24,25,26). The van der Waals surface area contributed by atoms with Gasteiger partial charge in [0.05, 0.1) is 11.4 Å². The quantitative estimate of drug-likeness (QED) is 0.220. The first-order chi connectivity index (χ1) is 13.7. The van der Waals surface area contributed by atoms with Crippen molar-refractivity contribution in [1.29, 1.82) is 0 Å². The van der Waals surface area contributed by atoms with Crippen molar-refractivity contribution in [3.05, 3.63) is 41.6 Å². The van der Waals surface area contributed by atoms with Crippen molar-refractivity contribution in [3.63, 3.8) is 0 Å². The highest BCUT2D eigenvalue weighted by Gasteiger charge is 2.19. The number of phosphoric ester groups is 1. The molecule has 0 bridgehead atoms. The second-order valence-electron chi connectivity index (χ2n) is 5.48. The van der Waals surface area contributed by atoms with E-state index in [1.165, 1.54) is 12.3 Å². The number of halogens is 1. The van der Waals surface area contributed by atoms with Crippen molar-refractivity contribution in [2.24, 2.45) is 0 Å². The van der Waals surface area contributed by atoms with Crippen LogP contribution in [0.25, 0.3) is 15.9 Å². The van der Waals surface area contributed by atoms with E-state index in [-0.39, 0.29) is 22.9 Å². The lowest BCUT2D eigenvalue weighted by Crippen LogP contribution is -2.14. The Bertz CT molecular complexity index is 1190. The van der Waals surface area contributed by atoms with Crippen LogP contribution in [0, 0.1) is 12.4 Å². The third-order valence-electron chi connectivity index (χ3n) is 3.40. The van der Waals surface area contributed by atoms with Gasteiger partial charge in [0.1, 0.15) is 17.2 Å². The summed E-state index contributed by atoms with van der Waals surface area (Å²) in [4.78, 5) is 43.9. The summed E-state index contributed by atoms with van der Waals surface area (Å²) in [6.45, 7) is 7.00. The number of amides is 1. The van der Waals surface area contributed by atoms with Crippen LogP contribution in [0.4, 0.5) is 21.6 Å². The number of nitrogens with zero attached hydrogens (tertiary/aromatic N) is 3. The Labute approximate surface area is 166 Å². The molecule has 0 aliphatic carbocycles. The molecule has 0 saturated heterocycles. The van der Waals surface area contributed by atoms with Crippen LogP contribution in [0.2, 0.25) is 0 Å². The van der Waals surface area contributed by atoms with Crippen molar-refractivity contribution in [2.75, 3.05) is 16.8 Å². The Morgan fingerprint density at radius 3 is 2.93 bits per heavy atom. The van der Waals surface area contributed by atoms with Crippen LogP contribution in [0.3, 0.4) is 0 Å². The van der Waals surface area contributed by atoms with Gasteiger partial charge in [-0.1, -0.05) is 18.3 Å². The zero-order valence-electron chi connectivity index (χ0n) is 14.3. The van der Waals surface area contributed by atoms with E-state index in [9.17, 15) is 13.8 Å². The first-order valence-electron chi connectivity index (χ1n) is 7.65. The number of nitrogen functional groups attached to an aromatic ring is 1. The molecule has 1 amide bonds. The molecule has 0 atom stereocenters. The number of nitrogens with one attached hydrogen (secondary N) is 2. The maximum atomic E-state index is 13.6. The SMILES string of the molecule is [C-]#[N+]c1ncc2[nH]c(SCC(=O)Nc3ccc(F)c(OP(=O)(O)O)c3)nc2c1N. The second kappa shape index (κ2) is 8.06. The number of hydrogen-bond acceptors (Lipinski definition) is 7. The highest BCUT2D eigenvalue weighted by molar-refractivity contribution is 7.99. The summed E-state index contributed by atoms with van der Waals surface area (Å²) >= 11 is 1.04. The Morgan fingerprint density at radius 2 is 2.24 bits per heavy atom.